The predicted molar refractivity (Wildman–Crippen MR) is 95.9 cm³/mol. The van der Waals surface area contributed by atoms with Crippen LogP contribution in [0.4, 0.5) is 0 Å². The van der Waals surface area contributed by atoms with Crippen LogP contribution in [0, 0.1) is 0 Å². The number of piperazine rings is 1. The minimum absolute atomic E-state index is 0.0843. The van der Waals surface area contributed by atoms with Crippen LogP contribution in [0.15, 0.2) is 0 Å². The molecule has 0 unspecified atom stereocenters. The SMILES string of the molecule is CC(C)N1CCC[C@@H](N2CCN(CC3(O)CCCCC3)CC2)C1=O. The van der Waals surface area contributed by atoms with E-state index in [0.717, 1.165) is 77.8 Å². The van der Waals surface area contributed by atoms with Crippen LogP contribution in [0.2, 0.25) is 0 Å². The van der Waals surface area contributed by atoms with Gasteiger partial charge in [0, 0.05) is 45.3 Å². The van der Waals surface area contributed by atoms with E-state index in [1.165, 1.54) is 6.42 Å². The van der Waals surface area contributed by atoms with E-state index in [1.54, 1.807) is 0 Å². The van der Waals surface area contributed by atoms with Gasteiger partial charge in [-0.05, 0) is 39.5 Å². The second kappa shape index (κ2) is 7.71. The number of hydrogen-bond acceptors (Lipinski definition) is 4. The number of piperidine rings is 1. The van der Waals surface area contributed by atoms with Crippen molar-refractivity contribution in [3.05, 3.63) is 0 Å². The molecule has 0 bridgehead atoms. The Morgan fingerprint density at radius 2 is 1.71 bits per heavy atom. The second-order valence-electron chi connectivity index (χ2n) is 8.38. The molecule has 0 aromatic carbocycles. The Labute approximate surface area is 147 Å². The molecule has 24 heavy (non-hydrogen) atoms. The molecule has 138 valence electrons. The lowest BCUT2D eigenvalue weighted by molar-refractivity contribution is -0.143. The molecule has 0 spiro atoms. The topological polar surface area (TPSA) is 47.0 Å². The average Bonchev–Trinajstić information content (AvgIpc) is 2.56. The molecule has 1 aliphatic carbocycles. The van der Waals surface area contributed by atoms with E-state index in [4.69, 9.17) is 0 Å². The Balaban J connectivity index is 1.50. The van der Waals surface area contributed by atoms with Crippen molar-refractivity contribution in [1.29, 1.82) is 0 Å². The van der Waals surface area contributed by atoms with E-state index in [0.29, 0.717) is 11.9 Å². The van der Waals surface area contributed by atoms with E-state index in [9.17, 15) is 9.90 Å². The highest BCUT2D eigenvalue weighted by Crippen LogP contribution is 2.29. The number of nitrogens with zero attached hydrogens (tertiary/aromatic N) is 3. The Morgan fingerprint density at radius 1 is 1.04 bits per heavy atom. The summed E-state index contributed by atoms with van der Waals surface area (Å²) in [6.45, 7) is 9.84. The van der Waals surface area contributed by atoms with Gasteiger partial charge in [0.1, 0.15) is 0 Å². The summed E-state index contributed by atoms with van der Waals surface area (Å²) in [4.78, 5) is 19.6. The first-order valence-electron chi connectivity index (χ1n) is 9.98. The fourth-order valence-corrected chi connectivity index (χ4v) is 4.75. The summed E-state index contributed by atoms with van der Waals surface area (Å²) in [6, 6.07) is 0.392. The zero-order chi connectivity index (χ0) is 17.2. The van der Waals surface area contributed by atoms with Crippen LogP contribution in [-0.2, 0) is 4.79 Å². The van der Waals surface area contributed by atoms with Gasteiger partial charge in [-0.1, -0.05) is 19.3 Å². The smallest absolute Gasteiger partial charge is 0.240 e. The van der Waals surface area contributed by atoms with Gasteiger partial charge in [-0.2, -0.15) is 0 Å². The number of aliphatic hydroxyl groups is 1. The molecule has 0 aromatic heterocycles. The highest BCUT2D eigenvalue weighted by atomic mass is 16.3. The van der Waals surface area contributed by atoms with E-state index in [1.807, 2.05) is 4.90 Å². The maximum atomic E-state index is 12.7. The normalized spacial score (nSPS) is 30.1. The Bertz CT molecular complexity index is 426. The van der Waals surface area contributed by atoms with Crippen molar-refractivity contribution in [2.75, 3.05) is 39.3 Å². The molecular formula is C19H35N3O2. The van der Waals surface area contributed by atoms with E-state index in [-0.39, 0.29) is 6.04 Å². The highest BCUT2D eigenvalue weighted by molar-refractivity contribution is 5.82. The van der Waals surface area contributed by atoms with Crippen LogP contribution < -0.4 is 0 Å². The third kappa shape index (κ3) is 4.12. The Hall–Kier alpha value is -0.650. The van der Waals surface area contributed by atoms with Gasteiger partial charge in [-0.3, -0.25) is 14.6 Å². The predicted octanol–water partition coefficient (Wildman–Crippen LogP) is 1.70. The van der Waals surface area contributed by atoms with Gasteiger partial charge >= 0.3 is 0 Å². The molecule has 3 fully saturated rings. The number of β-amino-alcohol motifs (C(OH)–C–C–N with tert-alkyl or cyclic N) is 1. The van der Waals surface area contributed by atoms with Gasteiger partial charge in [0.25, 0.3) is 0 Å². The van der Waals surface area contributed by atoms with Gasteiger partial charge in [0.15, 0.2) is 0 Å². The van der Waals surface area contributed by atoms with Gasteiger partial charge in [-0.15, -0.1) is 0 Å². The largest absolute Gasteiger partial charge is 0.389 e. The molecule has 0 aromatic rings. The molecule has 1 N–H and O–H groups in total. The second-order valence-corrected chi connectivity index (χ2v) is 8.38. The molecule has 3 aliphatic rings. The number of carbonyl (C=O) groups excluding carboxylic acids is 1. The van der Waals surface area contributed by atoms with Crippen molar-refractivity contribution in [2.45, 2.75) is 76.5 Å². The lowest BCUT2D eigenvalue weighted by Crippen LogP contribution is -2.59. The maximum Gasteiger partial charge on any atom is 0.240 e. The molecule has 1 saturated carbocycles. The zero-order valence-corrected chi connectivity index (χ0v) is 15.5. The Morgan fingerprint density at radius 3 is 2.33 bits per heavy atom. The zero-order valence-electron chi connectivity index (χ0n) is 15.5. The van der Waals surface area contributed by atoms with Crippen LogP contribution >= 0.6 is 0 Å². The lowest BCUT2D eigenvalue weighted by atomic mass is 9.84. The summed E-state index contributed by atoms with van der Waals surface area (Å²) in [5, 5.41) is 10.8. The van der Waals surface area contributed by atoms with Crippen LogP contribution in [0.3, 0.4) is 0 Å². The first-order valence-corrected chi connectivity index (χ1v) is 9.98. The summed E-state index contributed by atoms with van der Waals surface area (Å²) < 4.78 is 0. The third-order valence-electron chi connectivity index (χ3n) is 6.22. The number of hydrogen-bond donors (Lipinski definition) is 1. The number of carbonyl (C=O) groups is 1. The molecule has 0 radical (unpaired) electrons. The third-order valence-corrected chi connectivity index (χ3v) is 6.22. The average molecular weight is 338 g/mol. The van der Waals surface area contributed by atoms with Crippen molar-refractivity contribution >= 4 is 5.91 Å². The van der Waals surface area contributed by atoms with E-state index >= 15 is 0 Å². The van der Waals surface area contributed by atoms with Gasteiger partial charge < -0.3 is 10.0 Å². The molecule has 5 heteroatoms. The minimum atomic E-state index is -0.463. The fourth-order valence-electron chi connectivity index (χ4n) is 4.75. The Kier molecular flexibility index (Phi) is 5.83. The van der Waals surface area contributed by atoms with Crippen LogP contribution in [0.5, 0.6) is 0 Å². The number of amides is 1. The molecule has 2 aliphatic heterocycles. The van der Waals surface area contributed by atoms with Gasteiger partial charge in [0.05, 0.1) is 11.6 Å². The summed E-state index contributed by atoms with van der Waals surface area (Å²) >= 11 is 0. The van der Waals surface area contributed by atoms with Crippen molar-refractivity contribution < 1.29 is 9.90 Å². The van der Waals surface area contributed by atoms with Crippen LogP contribution in [0.25, 0.3) is 0 Å². The summed E-state index contributed by atoms with van der Waals surface area (Å²) in [6.07, 6.45) is 7.64. The van der Waals surface area contributed by atoms with E-state index < -0.39 is 5.60 Å². The van der Waals surface area contributed by atoms with Crippen molar-refractivity contribution in [1.82, 2.24) is 14.7 Å². The molecule has 1 amide bonds. The number of likely N-dealkylation sites (tertiary alicyclic amines) is 1. The summed E-state index contributed by atoms with van der Waals surface area (Å²) in [5.74, 6) is 0.329. The van der Waals surface area contributed by atoms with Crippen LogP contribution in [-0.4, -0.2) is 82.7 Å². The van der Waals surface area contributed by atoms with Crippen molar-refractivity contribution in [2.24, 2.45) is 0 Å². The first kappa shape index (κ1) is 18.2. The van der Waals surface area contributed by atoms with Crippen molar-refractivity contribution in [3.63, 3.8) is 0 Å². The highest BCUT2D eigenvalue weighted by Gasteiger charge is 2.37. The number of rotatable bonds is 4. The quantitative estimate of drug-likeness (QED) is 0.848. The molecule has 2 heterocycles. The van der Waals surface area contributed by atoms with Crippen molar-refractivity contribution in [3.8, 4) is 0 Å². The van der Waals surface area contributed by atoms with Gasteiger partial charge in [0.2, 0.25) is 5.91 Å². The maximum absolute atomic E-state index is 12.7. The minimum Gasteiger partial charge on any atom is -0.389 e. The summed E-state index contributed by atoms with van der Waals surface area (Å²) in [7, 11) is 0. The molecule has 2 saturated heterocycles. The van der Waals surface area contributed by atoms with Gasteiger partial charge in [-0.25, -0.2) is 0 Å². The first-order chi connectivity index (χ1) is 11.5. The molecule has 1 atom stereocenters. The monoisotopic (exact) mass is 337 g/mol. The molecule has 5 nitrogen and oxygen atoms in total. The molecule has 3 rings (SSSR count). The lowest BCUT2D eigenvalue weighted by Gasteiger charge is -2.45. The van der Waals surface area contributed by atoms with E-state index in [2.05, 4.69) is 23.6 Å². The fraction of sp³-hybridized carbons (Fsp3) is 0.947. The standard InChI is InChI=1S/C19H35N3O2/c1-16(2)22-10-6-7-17(18(22)23)21-13-11-20(12-14-21)15-19(24)8-4-3-5-9-19/h16-17,24H,3-15H2,1-2H3/t17-/m1/s1. The van der Waals surface area contributed by atoms with Crippen LogP contribution in [0.1, 0.15) is 58.8 Å². The summed E-state index contributed by atoms with van der Waals surface area (Å²) in [5.41, 5.74) is -0.463. The molecular weight excluding hydrogens is 302 g/mol.